The molecule has 1 amide bonds. The molecule has 0 spiro atoms. The Morgan fingerprint density at radius 3 is 2.89 bits per heavy atom. The molecule has 1 aromatic carbocycles. The van der Waals surface area contributed by atoms with Gasteiger partial charge in [0, 0.05) is 10.3 Å². The third-order valence-electron chi connectivity index (χ3n) is 4.51. The van der Waals surface area contributed by atoms with Gasteiger partial charge in [-0.25, -0.2) is 9.59 Å². The minimum absolute atomic E-state index is 0.0999. The molecule has 0 saturated carbocycles. The number of anilines is 1. The molecule has 0 saturated heterocycles. The van der Waals surface area contributed by atoms with E-state index in [2.05, 4.69) is 5.32 Å². The van der Waals surface area contributed by atoms with E-state index in [1.54, 1.807) is 31.2 Å². The number of esters is 1. The molecule has 1 N–H and O–H groups in total. The molecule has 0 bridgehead atoms. The van der Waals surface area contributed by atoms with E-state index in [1.165, 1.54) is 17.4 Å². The molecule has 138 valence electrons. The van der Waals surface area contributed by atoms with Crippen LogP contribution in [0.25, 0.3) is 11.0 Å². The molecule has 0 atom stereocenters. The first kappa shape index (κ1) is 17.5. The van der Waals surface area contributed by atoms with Crippen LogP contribution in [-0.4, -0.2) is 18.5 Å². The number of ether oxygens (including phenoxy) is 1. The monoisotopic (exact) mass is 383 g/mol. The maximum Gasteiger partial charge on any atom is 0.349 e. The Balaban J connectivity index is 1.71. The summed E-state index contributed by atoms with van der Waals surface area (Å²) in [6, 6.07) is 8.48. The Labute approximate surface area is 158 Å². The van der Waals surface area contributed by atoms with Gasteiger partial charge in [-0.15, -0.1) is 11.3 Å². The van der Waals surface area contributed by atoms with Crippen LogP contribution in [0.4, 0.5) is 5.00 Å². The third-order valence-corrected chi connectivity index (χ3v) is 5.72. The molecule has 27 heavy (non-hydrogen) atoms. The van der Waals surface area contributed by atoms with E-state index in [4.69, 9.17) is 9.15 Å². The first-order chi connectivity index (χ1) is 13.1. The number of nitrogens with one attached hydrogen (secondary N) is 1. The van der Waals surface area contributed by atoms with Gasteiger partial charge in [0.1, 0.15) is 16.1 Å². The van der Waals surface area contributed by atoms with Gasteiger partial charge >= 0.3 is 11.6 Å². The van der Waals surface area contributed by atoms with Crippen molar-refractivity contribution in [3.63, 3.8) is 0 Å². The van der Waals surface area contributed by atoms with Gasteiger partial charge < -0.3 is 14.5 Å². The van der Waals surface area contributed by atoms with Crippen LogP contribution in [0.2, 0.25) is 0 Å². The highest BCUT2D eigenvalue weighted by atomic mass is 32.1. The van der Waals surface area contributed by atoms with Crippen LogP contribution in [0.15, 0.2) is 39.5 Å². The predicted octanol–water partition coefficient (Wildman–Crippen LogP) is 3.77. The second-order valence-electron chi connectivity index (χ2n) is 6.22. The molecule has 2 heterocycles. The summed E-state index contributed by atoms with van der Waals surface area (Å²) >= 11 is 1.37. The lowest BCUT2D eigenvalue weighted by atomic mass is 10.1. The Bertz CT molecular complexity index is 1110. The van der Waals surface area contributed by atoms with Gasteiger partial charge in [0.15, 0.2) is 0 Å². The molecule has 6 nitrogen and oxygen atoms in total. The van der Waals surface area contributed by atoms with E-state index >= 15 is 0 Å². The van der Waals surface area contributed by atoms with Crippen LogP contribution in [0.3, 0.4) is 0 Å². The van der Waals surface area contributed by atoms with Crippen molar-refractivity contribution in [2.75, 3.05) is 11.9 Å². The summed E-state index contributed by atoms with van der Waals surface area (Å²) in [4.78, 5) is 38.4. The van der Waals surface area contributed by atoms with Crippen LogP contribution in [0.5, 0.6) is 0 Å². The number of amides is 1. The average molecular weight is 383 g/mol. The molecule has 0 radical (unpaired) electrons. The van der Waals surface area contributed by atoms with Crippen LogP contribution in [0, 0.1) is 0 Å². The second kappa shape index (κ2) is 7.00. The molecule has 0 aliphatic heterocycles. The summed E-state index contributed by atoms with van der Waals surface area (Å²) in [5.74, 6) is -1.04. The maximum atomic E-state index is 12.7. The Hall–Kier alpha value is -2.93. The SMILES string of the molecule is CCOC(=O)c1c(NC(=O)c2cc3ccccc3oc2=O)sc2c1CCC2. The molecule has 0 fully saturated rings. The molecule has 2 aromatic heterocycles. The van der Waals surface area contributed by atoms with Gasteiger partial charge in [0.25, 0.3) is 5.91 Å². The fourth-order valence-corrected chi connectivity index (χ4v) is 4.57. The minimum Gasteiger partial charge on any atom is -0.462 e. The van der Waals surface area contributed by atoms with Crippen LogP contribution >= 0.6 is 11.3 Å². The van der Waals surface area contributed by atoms with Gasteiger partial charge in [-0.3, -0.25) is 4.79 Å². The standard InChI is InChI=1S/C20H17NO5S/c1-2-25-20(24)16-12-7-5-9-15(12)27-18(16)21-17(22)13-10-11-6-3-4-8-14(11)26-19(13)23/h3-4,6,8,10H,2,5,7,9H2,1H3,(H,21,22). The first-order valence-corrected chi connectivity index (χ1v) is 9.56. The summed E-state index contributed by atoms with van der Waals surface area (Å²) in [7, 11) is 0. The topological polar surface area (TPSA) is 85.6 Å². The number of aryl methyl sites for hydroxylation is 1. The number of fused-ring (bicyclic) bond motifs is 2. The van der Waals surface area contributed by atoms with Gasteiger partial charge in [-0.05, 0) is 43.9 Å². The molecule has 7 heteroatoms. The second-order valence-corrected chi connectivity index (χ2v) is 7.33. The number of para-hydroxylation sites is 1. The zero-order valence-corrected chi connectivity index (χ0v) is 15.5. The summed E-state index contributed by atoms with van der Waals surface area (Å²) in [6.07, 6.45) is 2.64. The average Bonchev–Trinajstić information content (AvgIpc) is 3.21. The molecule has 0 unspecified atom stereocenters. The lowest BCUT2D eigenvalue weighted by Crippen LogP contribution is -2.21. The van der Waals surface area contributed by atoms with Crippen LogP contribution < -0.4 is 10.9 Å². The highest BCUT2D eigenvalue weighted by Crippen LogP contribution is 2.39. The fraction of sp³-hybridized carbons (Fsp3) is 0.250. The van der Waals surface area contributed by atoms with E-state index < -0.39 is 17.5 Å². The maximum absolute atomic E-state index is 12.7. The van der Waals surface area contributed by atoms with E-state index in [1.807, 2.05) is 0 Å². The molecular formula is C20H17NO5S. The highest BCUT2D eigenvalue weighted by Gasteiger charge is 2.29. The van der Waals surface area contributed by atoms with Crippen molar-refractivity contribution in [1.29, 1.82) is 0 Å². The highest BCUT2D eigenvalue weighted by molar-refractivity contribution is 7.17. The summed E-state index contributed by atoms with van der Waals surface area (Å²) in [5.41, 5.74) is 0.957. The number of carbonyl (C=O) groups excluding carboxylic acids is 2. The number of hydrogen-bond acceptors (Lipinski definition) is 6. The van der Waals surface area contributed by atoms with E-state index in [0.29, 0.717) is 21.5 Å². The molecule has 3 aromatic rings. The van der Waals surface area contributed by atoms with E-state index in [-0.39, 0.29) is 12.2 Å². The van der Waals surface area contributed by atoms with Gasteiger partial charge in [-0.1, -0.05) is 18.2 Å². The predicted molar refractivity (Wildman–Crippen MR) is 103 cm³/mol. The summed E-state index contributed by atoms with van der Waals surface area (Å²) in [5, 5.41) is 3.80. The largest absolute Gasteiger partial charge is 0.462 e. The van der Waals surface area contributed by atoms with Gasteiger partial charge in [0.05, 0.1) is 12.2 Å². The smallest absolute Gasteiger partial charge is 0.349 e. The van der Waals surface area contributed by atoms with Crippen molar-refractivity contribution in [2.24, 2.45) is 0 Å². The molecule has 1 aliphatic rings. The molecule has 4 rings (SSSR count). The zero-order chi connectivity index (χ0) is 19.0. The van der Waals surface area contributed by atoms with Crippen molar-refractivity contribution in [1.82, 2.24) is 0 Å². The van der Waals surface area contributed by atoms with Gasteiger partial charge in [-0.2, -0.15) is 0 Å². The van der Waals surface area contributed by atoms with Crippen molar-refractivity contribution in [2.45, 2.75) is 26.2 Å². The van der Waals surface area contributed by atoms with Crippen LogP contribution in [-0.2, 0) is 17.6 Å². The van der Waals surface area contributed by atoms with E-state index in [0.717, 1.165) is 29.7 Å². The number of thiophene rings is 1. The van der Waals surface area contributed by atoms with E-state index in [9.17, 15) is 14.4 Å². The minimum atomic E-state index is -0.715. The number of rotatable bonds is 4. The Morgan fingerprint density at radius 1 is 1.26 bits per heavy atom. The quantitative estimate of drug-likeness (QED) is 0.547. The summed E-state index contributed by atoms with van der Waals surface area (Å²) < 4.78 is 10.4. The number of benzene rings is 1. The van der Waals surface area contributed by atoms with Crippen molar-refractivity contribution >= 4 is 39.2 Å². The van der Waals surface area contributed by atoms with Gasteiger partial charge in [0.2, 0.25) is 0 Å². The normalized spacial score (nSPS) is 12.8. The van der Waals surface area contributed by atoms with Crippen molar-refractivity contribution in [3.05, 3.63) is 62.3 Å². The zero-order valence-electron chi connectivity index (χ0n) is 14.7. The molecule has 1 aliphatic carbocycles. The molecular weight excluding hydrogens is 366 g/mol. The van der Waals surface area contributed by atoms with Crippen molar-refractivity contribution in [3.8, 4) is 0 Å². The lowest BCUT2D eigenvalue weighted by molar-refractivity contribution is 0.0527. The Kier molecular flexibility index (Phi) is 4.53. The third kappa shape index (κ3) is 3.14. The number of hydrogen-bond donors (Lipinski definition) is 1. The number of carbonyl (C=O) groups is 2. The summed E-state index contributed by atoms with van der Waals surface area (Å²) in [6.45, 7) is 1.99. The lowest BCUT2D eigenvalue weighted by Gasteiger charge is -2.08. The Morgan fingerprint density at radius 2 is 2.07 bits per heavy atom. The first-order valence-electron chi connectivity index (χ1n) is 8.74. The fourth-order valence-electron chi connectivity index (χ4n) is 3.30. The van der Waals surface area contributed by atoms with Crippen molar-refractivity contribution < 1.29 is 18.7 Å². The van der Waals surface area contributed by atoms with Crippen LogP contribution in [0.1, 0.15) is 44.5 Å².